The summed E-state index contributed by atoms with van der Waals surface area (Å²) in [5.41, 5.74) is 1.01. The van der Waals surface area contributed by atoms with Crippen LogP contribution in [0.3, 0.4) is 0 Å². The molecule has 2 rings (SSSR count). The van der Waals surface area contributed by atoms with Crippen molar-refractivity contribution in [1.29, 1.82) is 0 Å². The molecule has 2 aromatic rings. The summed E-state index contributed by atoms with van der Waals surface area (Å²) in [6.45, 7) is 4.86. The minimum atomic E-state index is -0.393. The fraction of sp³-hybridized carbons (Fsp3) is 0.267. The van der Waals surface area contributed by atoms with Crippen LogP contribution in [0.25, 0.3) is 0 Å². The molecule has 1 aromatic carbocycles. The quantitative estimate of drug-likeness (QED) is 0.899. The molecule has 1 aromatic heterocycles. The van der Waals surface area contributed by atoms with Gasteiger partial charge in [0.1, 0.15) is 17.3 Å². The van der Waals surface area contributed by atoms with Crippen molar-refractivity contribution in [2.45, 2.75) is 26.4 Å². The third kappa shape index (κ3) is 4.18. The molecule has 0 saturated carbocycles. The molecule has 0 aliphatic heterocycles. The van der Waals surface area contributed by atoms with Gasteiger partial charge in [0.05, 0.1) is 11.2 Å². The van der Waals surface area contributed by atoms with Gasteiger partial charge in [-0.05, 0) is 29.8 Å². The Kier molecular flexibility index (Phi) is 4.93. The van der Waals surface area contributed by atoms with E-state index in [1.54, 1.807) is 12.4 Å². The van der Waals surface area contributed by atoms with Crippen molar-refractivity contribution in [2.24, 2.45) is 0 Å². The van der Waals surface area contributed by atoms with E-state index in [4.69, 9.17) is 16.3 Å². The van der Waals surface area contributed by atoms with Crippen molar-refractivity contribution in [3.63, 3.8) is 0 Å². The Bertz CT molecular complexity index is 590. The predicted molar refractivity (Wildman–Crippen MR) is 77.7 cm³/mol. The minimum absolute atomic E-state index is 0.232. The van der Waals surface area contributed by atoms with Crippen LogP contribution in [-0.4, -0.2) is 11.0 Å². The van der Waals surface area contributed by atoms with E-state index in [0.717, 1.165) is 5.56 Å². The van der Waals surface area contributed by atoms with E-state index in [1.807, 2.05) is 6.07 Å². The summed E-state index contributed by atoms with van der Waals surface area (Å²) in [5.74, 6) is 0.584. The summed E-state index contributed by atoms with van der Waals surface area (Å²) >= 11 is 5.92. The van der Waals surface area contributed by atoms with Gasteiger partial charge in [-0.1, -0.05) is 25.4 Å². The lowest BCUT2D eigenvalue weighted by atomic mass is 10.2. The van der Waals surface area contributed by atoms with Gasteiger partial charge >= 0.3 is 0 Å². The summed E-state index contributed by atoms with van der Waals surface area (Å²) in [5, 5.41) is 3.53. The molecule has 0 saturated heterocycles. The van der Waals surface area contributed by atoms with E-state index in [2.05, 4.69) is 24.1 Å². The Morgan fingerprint density at radius 2 is 2.10 bits per heavy atom. The number of hydrogen-bond donors (Lipinski definition) is 1. The second kappa shape index (κ2) is 6.68. The summed E-state index contributed by atoms with van der Waals surface area (Å²) in [4.78, 5) is 4.12. The topological polar surface area (TPSA) is 34.2 Å². The zero-order valence-corrected chi connectivity index (χ0v) is 12.1. The normalized spacial score (nSPS) is 10.8. The molecular formula is C15H16ClFN2O. The van der Waals surface area contributed by atoms with Gasteiger partial charge in [-0.3, -0.25) is 4.98 Å². The van der Waals surface area contributed by atoms with Crippen molar-refractivity contribution in [2.75, 3.05) is 0 Å². The van der Waals surface area contributed by atoms with Crippen LogP contribution in [-0.2, 0) is 6.54 Å². The lowest BCUT2D eigenvalue weighted by Crippen LogP contribution is -2.21. The average molecular weight is 295 g/mol. The van der Waals surface area contributed by atoms with Gasteiger partial charge in [0.25, 0.3) is 0 Å². The van der Waals surface area contributed by atoms with Gasteiger partial charge in [0.2, 0.25) is 0 Å². The molecule has 0 spiro atoms. The molecule has 1 heterocycles. The first-order valence-corrected chi connectivity index (χ1v) is 6.72. The zero-order chi connectivity index (χ0) is 14.5. The number of aromatic nitrogens is 1. The summed E-state index contributed by atoms with van der Waals surface area (Å²) in [6.07, 6.45) is 3.37. The van der Waals surface area contributed by atoms with Crippen LogP contribution in [0.1, 0.15) is 19.4 Å². The second-order valence-corrected chi connectivity index (χ2v) is 5.15. The van der Waals surface area contributed by atoms with Gasteiger partial charge in [0.15, 0.2) is 0 Å². The van der Waals surface area contributed by atoms with E-state index in [9.17, 15) is 4.39 Å². The first-order valence-electron chi connectivity index (χ1n) is 6.35. The number of rotatable bonds is 5. The zero-order valence-electron chi connectivity index (χ0n) is 11.4. The molecular weight excluding hydrogens is 279 g/mol. The van der Waals surface area contributed by atoms with Crippen molar-refractivity contribution >= 4 is 11.6 Å². The summed E-state index contributed by atoms with van der Waals surface area (Å²) in [6, 6.07) is 6.29. The van der Waals surface area contributed by atoms with Crippen molar-refractivity contribution in [3.8, 4) is 11.5 Å². The Morgan fingerprint density at radius 1 is 1.30 bits per heavy atom. The number of nitrogens with zero attached hydrogens (tertiary/aromatic N) is 1. The number of ether oxygens (including phenoxy) is 1. The predicted octanol–water partition coefficient (Wildman–Crippen LogP) is 4.16. The molecule has 1 N–H and O–H groups in total. The van der Waals surface area contributed by atoms with Gasteiger partial charge < -0.3 is 10.1 Å². The lowest BCUT2D eigenvalue weighted by molar-refractivity contribution is 0.476. The Labute approximate surface area is 122 Å². The molecule has 0 aliphatic carbocycles. The van der Waals surface area contributed by atoms with Crippen LogP contribution in [0.15, 0.2) is 36.7 Å². The standard InChI is InChI=1S/C15H16ClFN2O/c1-10(2)19-8-11-5-13(9-18-7-11)20-15-4-3-12(17)6-14(15)16/h3-7,9-10,19H,8H2,1-2H3. The van der Waals surface area contributed by atoms with E-state index in [1.165, 1.54) is 18.2 Å². The maximum atomic E-state index is 13.0. The second-order valence-electron chi connectivity index (χ2n) is 4.74. The Hall–Kier alpha value is -1.65. The average Bonchev–Trinajstić information content (AvgIpc) is 2.40. The number of hydrogen-bond acceptors (Lipinski definition) is 3. The molecule has 0 aliphatic rings. The van der Waals surface area contributed by atoms with Crippen LogP contribution in [0.5, 0.6) is 11.5 Å². The molecule has 0 amide bonds. The van der Waals surface area contributed by atoms with E-state index < -0.39 is 5.82 Å². The van der Waals surface area contributed by atoms with Gasteiger partial charge in [-0.2, -0.15) is 0 Å². The van der Waals surface area contributed by atoms with Crippen LogP contribution in [0, 0.1) is 5.82 Å². The fourth-order valence-electron chi connectivity index (χ4n) is 1.62. The highest BCUT2D eigenvalue weighted by Crippen LogP contribution is 2.29. The van der Waals surface area contributed by atoms with E-state index in [-0.39, 0.29) is 5.02 Å². The summed E-state index contributed by atoms with van der Waals surface area (Å²) < 4.78 is 18.6. The van der Waals surface area contributed by atoms with Crippen LogP contribution in [0.2, 0.25) is 5.02 Å². The van der Waals surface area contributed by atoms with Crippen molar-refractivity contribution in [1.82, 2.24) is 10.3 Å². The third-order valence-corrected chi connectivity index (χ3v) is 2.90. The number of benzene rings is 1. The molecule has 5 heteroatoms. The maximum absolute atomic E-state index is 13.0. The molecule has 0 radical (unpaired) electrons. The molecule has 20 heavy (non-hydrogen) atoms. The molecule has 106 valence electrons. The SMILES string of the molecule is CC(C)NCc1cncc(Oc2ccc(F)cc2Cl)c1. The summed E-state index contributed by atoms with van der Waals surface area (Å²) in [7, 11) is 0. The first kappa shape index (κ1) is 14.8. The molecule has 0 unspecified atom stereocenters. The highest BCUT2D eigenvalue weighted by Gasteiger charge is 2.06. The van der Waals surface area contributed by atoms with Gasteiger partial charge in [-0.25, -0.2) is 4.39 Å². The highest BCUT2D eigenvalue weighted by molar-refractivity contribution is 6.32. The maximum Gasteiger partial charge on any atom is 0.146 e. The van der Waals surface area contributed by atoms with Gasteiger partial charge in [-0.15, -0.1) is 0 Å². The van der Waals surface area contributed by atoms with E-state index in [0.29, 0.717) is 24.1 Å². The van der Waals surface area contributed by atoms with Crippen molar-refractivity contribution in [3.05, 3.63) is 53.1 Å². The van der Waals surface area contributed by atoms with Gasteiger partial charge in [0, 0.05) is 18.8 Å². The minimum Gasteiger partial charge on any atom is -0.454 e. The first-order chi connectivity index (χ1) is 9.54. The number of nitrogens with one attached hydrogen (secondary N) is 1. The molecule has 0 atom stereocenters. The molecule has 0 fully saturated rings. The van der Waals surface area contributed by atoms with Crippen molar-refractivity contribution < 1.29 is 9.13 Å². The smallest absolute Gasteiger partial charge is 0.146 e. The largest absolute Gasteiger partial charge is 0.454 e. The fourth-order valence-corrected chi connectivity index (χ4v) is 1.83. The Balaban J connectivity index is 2.11. The molecule has 0 bridgehead atoms. The molecule has 3 nitrogen and oxygen atoms in total. The Morgan fingerprint density at radius 3 is 2.80 bits per heavy atom. The monoisotopic (exact) mass is 294 g/mol. The van der Waals surface area contributed by atoms with E-state index >= 15 is 0 Å². The number of pyridine rings is 1. The number of halogens is 2. The lowest BCUT2D eigenvalue weighted by Gasteiger charge is -2.10. The highest BCUT2D eigenvalue weighted by atomic mass is 35.5. The third-order valence-electron chi connectivity index (χ3n) is 2.61. The van der Waals surface area contributed by atoms with Crippen LogP contribution < -0.4 is 10.1 Å². The van der Waals surface area contributed by atoms with Crippen LogP contribution in [0.4, 0.5) is 4.39 Å². The van der Waals surface area contributed by atoms with Crippen LogP contribution >= 0.6 is 11.6 Å².